The summed E-state index contributed by atoms with van der Waals surface area (Å²) in [6.07, 6.45) is 9.18. The van der Waals surface area contributed by atoms with Crippen LogP contribution in [0.2, 0.25) is 0 Å². The van der Waals surface area contributed by atoms with Gasteiger partial charge in [-0.25, -0.2) is 9.37 Å². The molecule has 31 heavy (non-hydrogen) atoms. The highest BCUT2D eigenvalue weighted by molar-refractivity contribution is 5.98. The predicted molar refractivity (Wildman–Crippen MR) is 120 cm³/mol. The fourth-order valence-electron chi connectivity index (χ4n) is 4.91. The third-order valence-electron chi connectivity index (χ3n) is 6.45. The molecule has 0 unspecified atom stereocenters. The molecule has 1 fully saturated rings. The monoisotopic (exact) mass is 415 g/mol. The van der Waals surface area contributed by atoms with Gasteiger partial charge in [-0.1, -0.05) is 12.1 Å². The molecule has 0 spiro atoms. The molecule has 0 radical (unpaired) electrons. The van der Waals surface area contributed by atoms with Crippen molar-refractivity contribution < 1.29 is 9.18 Å². The maximum absolute atomic E-state index is 13.6. The van der Waals surface area contributed by atoms with Crippen LogP contribution in [0.5, 0.6) is 0 Å². The number of hydrogen-bond donors (Lipinski definition) is 0. The van der Waals surface area contributed by atoms with Crippen LogP contribution in [0.1, 0.15) is 40.8 Å². The molecule has 1 amide bonds. The second kappa shape index (κ2) is 7.80. The van der Waals surface area contributed by atoms with Gasteiger partial charge in [-0.3, -0.25) is 4.79 Å². The predicted octanol–water partition coefficient (Wildman–Crippen LogP) is 4.80. The summed E-state index contributed by atoms with van der Waals surface area (Å²) in [6.45, 7) is 4.83. The maximum Gasteiger partial charge on any atom is 0.250 e. The lowest BCUT2D eigenvalue weighted by Gasteiger charge is -2.33. The number of carbonyl (C=O) groups excluding carboxylic acids is 1. The van der Waals surface area contributed by atoms with E-state index in [1.807, 2.05) is 41.1 Å². The van der Waals surface area contributed by atoms with Gasteiger partial charge in [-0.05, 0) is 92.1 Å². The Labute approximate surface area is 182 Å². The summed E-state index contributed by atoms with van der Waals surface area (Å²) < 4.78 is 15.6. The van der Waals surface area contributed by atoms with Crippen LogP contribution >= 0.6 is 0 Å². The van der Waals surface area contributed by atoms with Crippen molar-refractivity contribution in [1.82, 2.24) is 14.5 Å². The average molecular weight is 416 g/mol. The number of fused-ring (bicyclic) bond motifs is 1. The largest absolute Gasteiger partial charge is 0.335 e. The van der Waals surface area contributed by atoms with Crippen LogP contribution in [0.25, 0.3) is 11.8 Å². The van der Waals surface area contributed by atoms with Crippen LogP contribution in [0.3, 0.4) is 0 Å². The van der Waals surface area contributed by atoms with Crippen LogP contribution in [-0.2, 0) is 17.6 Å². The van der Waals surface area contributed by atoms with E-state index >= 15 is 0 Å². The first-order valence-electron chi connectivity index (χ1n) is 10.9. The van der Waals surface area contributed by atoms with Crippen LogP contribution in [0.4, 0.5) is 4.39 Å². The number of imidazole rings is 1. The first kappa shape index (κ1) is 19.7. The van der Waals surface area contributed by atoms with E-state index in [9.17, 15) is 9.18 Å². The van der Waals surface area contributed by atoms with Gasteiger partial charge in [-0.2, -0.15) is 0 Å². The molecule has 1 aliphatic carbocycles. The lowest BCUT2D eigenvalue weighted by Crippen LogP contribution is -2.44. The SMILES string of the molecule is Cc1cn(-c2ccc(/C=C3\CCCN([C@@H]4Cc5ccc(F)cc5C4)C3=O)cc2C)cn1. The summed E-state index contributed by atoms with van der Waals surface area (Å²) in [5.74, 6) is -0.0777. The fraction of sp³-hybridized carbons (Fsp3) is 0.308. The number of nitrogens with zero attached hydrogens (tertiary/aromatic N) is 3. The molecule has 2 aromatic carbocycles. The van der Waals surface area contributed by atoms with Gasteiger partial charge in [0.2, 0.25) is 5.91 Å². The van der Waals surface area contributed by atoms with Crippen LogP contribution < -0.4 is 0 Å². The van der Waals surface area contributed by atoms with Crippen molar-refractivity contribution in [2.75, 3.05) is 6.54 Å². The number of hydrogen-bond acceptors (Lipinski definition) is 2. The topological polar surface area (TPSA) is 38.1 Å². The lowest BCUT2D eigenvalue weighted by atomic mass is 9.97. The highest BCUT2D eigenvalue weighted by atomic mass is 19.1. The summed E-state index contributed by atoms with van der Waals surface area (Å²) in [7, 11) is 0. The van der Waals surface area contributed by atoms with Crippen molar-refractivity contribution in [2.45, 2.75) is 45.6 Å². The normalized spacial score (nSPS) is 19.8. The molecule has 5 rings (SSSR count). The molecule has 5 heteroatoms. The Morgan fingerprint density at radius 2 is 1.94 bits per heavy atom. The van der Waals surface area contributed by atoms with Gasteiger partial charge in [0, 0.05) is 30.0 Å². The summed E-state index contributed by atoms with van der Waals surface area (Å²) in [5.41, 5.74) is 7.32. The molecule has 1 aliphatic heterocycles. The van der Waals surface area contributed by atoms with Crippen molar-refractivity contribution in [2.24, 2.45) is 0 Å². The average Bonchev–Trinajstić information content (AvgIpc) is 3.35. The van der Waals surface area contributed by atoms with E-state index in [0.29, 0.717) is 0 Å². The fourth-order valence-corrected chi connectivity index (χ4v) is 4.91. The number of aryl methyl sites for hydroxylation is 2. The lowest BCUT2D eigenvalue weighted by molar-refractivity contribution is -0.130. The molecule has 0 saturated carbocycles. The van der Waals surface area contributed by atoms with E-state index in [2.05, 4.69) is 30.1 Å². The summed E-state index contributed by atoms with van der Waals surface area (Å²) in [4.78, 5) is 19.6. The van der Waals surface area contributed by atoms with E-state index in [0.717, 1.165) is 71.4 Å². The van der Waals surface area contributed by atoms with Crippen molar-refractivity contribution >= 4 is 12.0 Å². The summed E-state index contributed by atoms with van der Waals surface area (Å²) in [6, 6.07) is 11.4. The first-order chi connectivity index (χ1) is 15.0. The maximum atomic E-state index is 13.6. The van der Waals surface area contributed by atoms with Gasteiger partial charge in [0.25, 0.3) is 0 Å². The molecule has 4 nitrogen and oxygen atoms in total. The van der Waals surface area contributed by atoms with Crippen molar-refractivity contribution in [1.29, 1.82) is 0 Å². The molecule has 3 aromatic rings. The van der Waals surface area contributed by atoms with E-state index in [1.54, 1.807) is 6.07 Å². The van der Waals surface area contributed by atoms with Crippen molar-refractivity contribution in [3.8, 4) is 5.69 Å². The number of rotatable bonds is 3. The van der Waals surface area contributed by atoms with Crippen LogP contribution in [0, 0.1) is 19.7 Å². The zero-order valence-electron chi connectivity index (χ0n) is 17.9. The first-order valence-corrected chi connectivity index (χ1v) is 10.9. The van der Waals surface area contributed by atoms with Gasteiger partial charge in [0.15, 0.2) is 0 Å². The summed E-state index contributed by atoms with van der Waals surface area (Å²) in [5, 5.41) is 0. The Balaban J connectivity index is 1.36. The molecule has 1 saturated heterocycles. The Morgan fingerprint density at radius 3 is 2.71 bits per heavy atom. The van der Waals surface area contributed by atoms with Crippen LogP contribution in [0.15, 0.2) is 54.5 Å². The molecule has 0 bridgehead atoms. The number of benzene rings is 2. The van der Waals surface area contributed by atoms with Gasteiger partial charge >= 0.3 is 0 Å². The zero-order valence-corrected chi connectivity index (χ0v) is 17.9. The number of likely N-dealkylation sites (tertiary alicyclic amines) is 1. The second-order valence-corrected chi connectivity index (χ2v) is 8.72. The minimum atomic E-state index is -0.199. The Bertz CT molecular complexity index is 1190. The quantitative estimate of drug-likeness (QED) is 0.576. The zero-order chi connectivity index (χ0) is 21.5. The van der Waals surface area contributed by atoms with Crippen molar-refractivity contribution in [3.05, 3.63) is 88.3 Å². The highest BCUT2D eigenvalue weighted by Crippen LogP contribution is 2.30. The Hall–Kier alpha value is -3.21. The third-order valence-corrected chi connectivity index (χ3v) is 6.45. The molecule has 158 valence electrons. The van der Waals surface area contributed by atoms with E-state index in [-0.39, 0.29) is 17.8 Å². The van der Waals surface area contributed by atoms with Gasteiger partial charge < -0.3 is 9.47 Å². The number of piperidine rings is 1. The van der Waals surface area contributed by atoms with Crippen LogP contribution in [-0.4, -0.2) is 32.9 Å². The molecular formula is C26H26FN3O. The van der Waals surface area contributed by atoms with E-state index < -0.39 is 0 Å². The molecule has 1 atom stereocenters. The van der Waals surface area contributed by atoms with Gasteiger partial charge in [-0.15, -0.1) is 0 Å². The highest BCUT2D eigenvalue weighted by Gasteiger charge is 2.33. The van der Waals surface area contributed by atoms with Gasteiger partial charge in [0.1, 0.15) is 5.82 Å². The minimum absolute atomic E-state index is 0.122. The second-order valence-electron chi connectivity index (χ2n) is 8.72. The van der Waals surface area contributed by atoms with E-state index in [1.165, 1.54) is 6.07 Å². The minimum Gasteiger partial charge on any atom is -0.335 e. The Morgan fingerprint density at radius 1 is 1.10 bits per heavy atom. The number of halogens is 1. The summed E-state index contributed by atoms with van der Waals surface area (Å²) >= 11 is 0. The molecule has 0 N–H and O–H groups in total. The smallest absolute Gasteiger partial charge is 0.250 e. The standard InChI is InChI=1S/C26H26FN3O/c1-17-10-19(5-8-25(17)29-15-18(2)28-16-29)11-21-4-3-9-30(26(21)31)24-13-20-6-7-23(27)12-22(20)14-24/h5-8,10-12,15-16,24H,3-4,9,13-14H2,1-2H3/b21-11+/t24-/m1/s1. The number of carbonyl (C=O) groups is 1. The Kier molecular flexibility index (Phi) is 4.97. The number of amides is 1. The van der Waals surface area contributed by atoms with Crippen molar-refractivity contribution in [3.63, 3.8) is 0 Å². The van der Waals surface area contributed by atoms with E-state index in [4.69, 9.17) is 0 Å². The molecule has 2 heterocycles. The van der Waals surface area contributed by atoms with Gasteiger partial charge in [0.05, 0.1) is 12.0 Å². The third kappa shape index (κ3) is 3.80. The number of aromatic nitrogens is 2. The molecular weight excluding hydrogens is 389 g/mol. The molecule has 1 aromatic heterocycles. The molecule has 2 aliphatic rings.